The number of carbonyl (C=O) groups excluding carboxylic acids is 2. The molecule has 2 aromatic carbocycles. The highest BCUT2D eigenvalue weighted by Crippen LogP contribution is 2.22. The summed E-state index contributed by atoms with van der Waals surface area (Å²) in [5.41, 5.74) is 0.624. The van der Waals surface area contributed by atoms with Gasteiger partial charge in [0.2, 0.25) is 5.91 Å². The molecule has 1 aliphatic rings. The van der Waals surface area contributed by atoms with Gasteiger partial charge in [-0.05, 0) is 24.3 Å². The summed E-state index contributed by atoms with van der Waals surface area (Å²) in [7, 11) is 0. The van der Waals surface area contributed by atoms with Crippen LogP contribution in [-0.2, 0) is 17.9 Å². The lowest BCUT2D eigenvalue weighted by Gasteiger charge is -2.15. The maximum Gasteiger partial charge on any atom is 0.365 e. The molecule has 138 valence electrons. The van der Waals surface area contributed by atoms with E-state index in [1.54, 1.807) is 48.5 Å². The zero-order valence-corrected chi connectivity index (χ0v) is 14.6. The molecular weight excluding hydrogens is 360 g/mol. The standard InChI is InChI=1S/C19H14N6O3/c20-10-13-6-4-5-9-15(13)21-17(26)12-24-18(27)22-16-11-23(19(28)25(16)24)14-7-2-1-3-8-14/h1-9H,11-12H2,(H,21,26). The molecule has 9 nitrogen and oxygen atoms in total. The van der Waals surface area contributed by atoms with Crippen LogP contribution in [0.4, 0.5) is 16.2 Å². The van der Waals surface area contributed by atoms with E-state index in [0.717, 1.165) is 9.36 Å². The number of hydrogen-bond donors (Lipinski definition) is 1. The quantitative estimate of drug-likeness (QED) is 0.744. The predicted octanol–water partition coefficient (Wildman–Crippen LogP) is 1.54. The third kappa shape index (κ3) is 2.93. The minimum absolute atomic E-state index is 0.143. The van der Waals surface area contributed by atoms with Gasteiger partial charge in [-0.2, -0.15) is 14.9 Å². The zero-order chi connectivity index (χ0) is 19.7. The number of aromatic nitrogens is 3. The first-order chi connectivity index (χ1) is 13.6. The molecule has 1 N–H and O–H groups in total. The number of carbonyl (C=O) groups is 2. The van der Waals surface area contributed by atoms with Crippen molar-refractivity contribution in [2.75, 3.05) is 10.2 Å². The van der Waals surface area contributed by atoms with Gasteiger partial charge in [-0.1, -0.05) is 30.3 Å². The summed E-state index contributed by atoms with van der Waals surface area (Å²) >= 11 is 0. The molecule has 1 aromatic heterocycles. The summed E-state index contributed by atoms with van der Waals surface area (Å²) in [6.45, 7) is -0.260. The lowest BCUT2D eigenvalue weighted by Crippen LogP contribution is -2.36. The van der Waals surface area contributed by atoms with Crippen molar-refractivity contribution in [1.82, 2.24) is 14.3 Å². The Morgan fingerprint density at radius 1 is 1.11 bits per heavy atom. The van der Waals surface area contributed by atoms with Crippen LogP contribution in [0.25, 0.3) is 0 Å². The molecule has 0 saturated carbocycles. The number of nitrogens with one attached hydrogen (secondary N) is 1. The summed E-state index contributed by atoms with van der Waals surface area (Å²) in [4.78, 5) is 42.7. The van der Waals surface area contributed by atoms with Crippen LogP contribution >= 0.6 is 0 Å². The van der Waals surface area contributed by atoms with Crippen LogP contribution in [0.2, 0.25) is 0 Å². The number of hydrogen-bond acceptors (Lipinski definition) is 5. The molecular formula is C19H14N6O3. The topological polar surface area (TPSA) is 113 Å². The molecule has 0 radical (unpaired) electrons. The van der Waals surface area contributed by atoms with Gasteiger partial charge < -0.3 is 5.32 Å². The van der Waals surface area contributed by atoms with Crippen molar-refractivity contribution in [2.24, 2.45) is 0 Å². The summed E-state index contributed by atoms with van der Waals surface area (Å²) in [6.07, 6.45) is 0. The van der Waals surface area contributed by atoms with Crippen LogP contribution in [0.1, 0.15) is 11.4 Å². The van der Waals surface area contributed by atoms with Gasteiger partial charge in [0.25, 0.3) is 0 Å². The highest BCUT2D eigenvalue weighted by atomic mass is 16.2. The van der Waals surface area contributed by atoms with Crippen molar-refractivity contribution in [3.8, 4) is 6.07 Å². The van der Waals surface area contributed by atoms with Crippen molar-refractivity contribution < 1.29 is 9.59 Å². The Morgan fingerprint density at radius 2 is 1.82 bits per heavy atom. The van der Waals surface area contributed by atoms with Crippen molar-refractivity contribution in [3.63, 3.8) is 0 Å². The van der Waals surface area contributed by atoms with Crippen LogP contribution in [0.15, 0.2) is 59.4 Å². The van der Waals surface area contributed by atoms with Gasteiger partial charge in [-0.3, -0.25) is 9.69 Å². The maximum absolute atomic E-state index is 12.8. The van der Waals surface area contributed by atoms with Gasteiger partial charge in [0, 0.05) is 5.69 Å². The number of rotatable bonds is 4. The van der Waals surface area contributed by atoms with E-state index >= 15 is 0 Å². The fourth-order valence-electron chi connectivity index (χ4n) is 3.04. The van der Waals surface area contributed by atoms with E-state index in [1.807, 2.05) is 12.1 Å². The number of amides is 2. The maximum atomic E-state index is 12.8. The molecule has 9 heteroatoms. The Bertz CT molecular complexity index is 1170. The Kier molecular flexibility index (Phi) is 4.21. The SMILES string of the molecule is N#Cc1ccccc1NC(=O)Cn1c(=O)nc2n1C(=O)N(c1ccccc1)C2. The van der Waals surface area contributed by atoms with Gasteiger partial charge in [-0.25, -0.2) is 14.3 Å². The van der Waals surface area contributed by atoms with Crippen LogP contribution in [0.3, 0.4) is 0 Å². The minimum Gasteiger partial charge on any atom is -0.323 e. The third-order valence-electron chi connectivity index (χ3n) is 4.33. The first-order valence-electron chi connectivity index (χ1n) is 8.43. The predicted molar refractivity (Wildman–Crippen MR) is 99.7 cm³/mol. The van der Waals surface area contributed by atoms with Gasteiger partial charge in [0.15, 0.2) is 5.82 Å². The summed E-state index contributed by atoms with van der Waals surface area (Å²) in [5.74, 6) is -0.275. The number of benzene rings is 2. The Labute approximate surface area is 159 Å². The molecule has 0 spiro atoms. The molecule has 0 fully saturated rings. The molecule has 0 unspecified atom stereocenters. The van der Waals surface area contributed by atoms with Crippen LogP contribution < -0.4 is 15.9 Å². The fourth-order valence-corrected chi connectivity index (χ4v) is 3.04. The average molecular weight is 374 g/mol. The second-order valence-corrected chi connectivity index (χ2v) is 6.09. The fraction of sp³-hybridized carbons (Fsp3) is 0.105. The minimum atomic E-state index is -0.681. The van der Waals surface area contributed by atoms with E-state index in [4.69, 9.17) is 5.26 Å². The summed E-state index contributed by atoms with van der Waals surface area (Å²) in [6, 6.07) is 17.0. The molecule has 1 aliphatic heterocycles. The summed E-state index contributed by atoms with van der Waals surface area (Å²) in [5, 5.41) is 11.7. The smallest absolute Gasteiger partial charge is 0.323 e. The van der Waals surface area contributed by atoms with E-state index in [0.29, 0.717) is 16.9 Å². The number of para-hydroxylation sites is 2. The highest BCUT2D eigenvalue weighted by molar-refractivity contribution is 5.96. The van der Waals surface area contributed by atoms with E-state index < -0.39 is 24.2 Å². The van der Waals surface area contributed by atoms with Crippen molar-refractivity contribution in [2.45, 2.75) is 13.1 Å². The van der Waals surface area contributed by atoms with Gasteiger partial charge in [-0.15, -0.1) is 0 Å². The number of fused-ring (bicyclic) bond motifs is 1. The molecule has 2 amide bonds. The second kappa shape index (κ2) is 6.85. The van der Waals surface area contributed by atoms with Crippen molar-refractivity contribution >= 4 is 23.3 Å². The van der Waals surface area contributed by atoms with Gasteiger partial charge in [0.1, 0.15) is 12.6 Å². The largest absolute Gasteiger partial charge is 0.365 e. The molecule has 3 aromatic rings. The number of anilines is 2. The third-order valence-corrected chi connectivity index (χ3v) is 4.33. The van der Waals surface area contributed by atoms with E-state index in [1.165, 1.54) is 4.90 Å². The Morgan fingerprint density at radius 3 is 2.57 bits per heavy atom. The lowest BCUT2D eigenvalue weighted by molar-refractivity contribution is -0.117. The molecule has 0 bridgehead atoms. The van der Waals surface area contributed by atoms with Crippen LogP contribution in [-0.4, -0.2) is 26.3 Å². The highest BCUT2D eigenvalue weighted by Gasteiger charge is 2.33. The normalized spacial score (nSPS) is 12.5. The summed E-state index contributed by atoms with van der Waals surface area (Å²) < 4.78 is 2.11. The Balaban J connectivity index is 1.58. The second-order valence-electron chi connectivity index (χ2n) is 6.09. The monoisotopic (exact) mass is 374 g/mol. The van der Waals surface area contributed by atoms with Crippen molar-refractivity contribution in [1.29, 1.82) is 5.26 Å². The van der Waals surface area contributed by atoms with Crippen LogP contribution in [0, 0.1) is 11.3 Å². The van der Waals surface area contributed by atoms with E-state index in [-0.39, 0.29) is 12.4 Å². The molecule has 0 aliphatic carbocycles. The number of nitriles is 1. The Hall–Kier alpha value is -4.19. The first-order valence-corrected chi connectivity index (χ1v) is 8.43. The molecule has 4 rings (SSSR count). The van der Waals surface area contributed by atoms with Gasteiger partial charge in [0.05, 0.1) is 17.8 Å². The molecule has 0 atom stereocenters. The van der Waals surface area contributed by atoms with Crippen molar-refractivity contribution in [3.05, 3.63) is 76.5 Å². The number of nitrogens with zero attached hydrogens (tertiary/aromatic N) is 5. The van der Waals surface area contributed by atoms with E-state index in [9.17, 15) is 14.4 Å². The first kappa shape index (κ1) is 17.2. The van der Waals surface area contributed by atoms with E-state index in [2.05, 4.69) is 10.3 Å². The molecule has 0 saturated heterocycles. The zero-order valence-electron chi connectivity index (χ0n) is 14.6. The average Bonchev–Trinajstić information content (AvgIpc) is 3.18. The lowest BCUT2D eigenvalue weighted by atomic mass is 10.2. The molecule has 28 heavy (non-hydrogen) atoms. The van der Waals surface area contributed by atoms with Gasteiger partial charge >= 0.3 is 11.7 Å². The molecule has 2 heterocycles. The van der Waals surface area contributed by atoms with Crippen LogP contribution in [0.5, 0.6) is 0 Å².